The summed E-state index contributed by atoms with van der Waals surface area (Å²) >= 11 is 3.06. The lowest BCUT2D eigenvalue weighted by molar-refractivity contribution is 0.0952. The first kappa shape index (κ1) is 14.7. The van der Waals surface area contributed by atoms with Crippen molar-refractivity contribution < 1.29 is 9.18 Å². The molecule has 104 valence electrons. The van der Waals surface area contributed by atoms with Crippen molar-refractivity contribution in [3.8, 4) is 0 Å². The molecule has 0 saturated heterocycles. The summed E-state index contributed by atoms with van der Waals surface area (Å²) in [6.07, 6.45) is 1.77. The van der Waals surface area contributed by atoms with Gasteiger partial charge in [-0.1, -0.05) is 30.3 Å². The molecule has 0 saturated carbocycles. The fraction of sp³-hybridized carbons (Fsp3) is 0.188. The van der Waals surface area contributed by atoms with Crippen LogP contribution in [-0.4, -0.2) is 12.5 Å². The number of benzene rings is 2. The molecular formula is C16H15BrFNO. The van der Waals surface area contributed by atoms with Crippen molar-refractivity contribution in [2.75, 3.05) is 6.54 Å². The summed E-state index contributed by atoms with van der Waals surface area (Å²) in [6, 6.07) is 14.5. The van der Waals surface area contributed by atoms with Gasteiger partial charge in [-0.3, -0.25) is 4.79 Å². The third-order valence-electron chi connectivity index (χ3n) is 2.95. The van der Waals surface area contributed by atoms with E-state index in [0.29, 0.717) is 16.6 Å². The minimum atomic E-state index is -0.429. The highest BCUT2D eigenvalue weighted by atomic mass is 79.9. The highest BCUT2D eigenvalue weighted by molar-refractivity contribution is 9.10. The lowest BCUT2D eigenvalue weighted by Crippen LogP contribution is -2.24. The van der Waals surface area contributed by atoms with Crippen LogP contribution in [-0.2, 0) is 6.42 Å². The minimum Gasteiger partial charge on any atom is -0.352 e. The van der Waals surface area contributed by atoms with E-state index < -0.39 is 5.82 Å². The largest absolute Gasteiger partial charge is 0.352 e. The van der Waals surface area contributed by atoms with Crippen molar-refractivity contribution in [1.82, 2.24) is 5.32 Å². The Hall–Kier alpha value is -1.68. The second kappa shape index (κ2) is 7.20. The molecule has 2 rings (SSSR count). The van der Waals surface area contributed by atoms with E-state index in [1.807, 2.05) is 18.2 Å². The van der Waals surface area contributed by atoms with E-state index >= 15 is 0 Å². The number of hydrogen-bond acceptors (Lipinski definition) is 1. The Morgan fingerprint density at radius 2 is 1.90 bits per heavy atom. The fourth-order valence-electron chi connectivity index (χ4n) is 1.88. The number of amides is 1. The second-order valence-corrected chi connectivity index (χ2v) is 5.33. The van der Waals surface area contributed by atoms with Crippen molar-refractivity contribution in [2.45, 2.75) is 12.8 Å². The van der Waals surface area contributed by atoms with Gasteiger partial charge in [-0.2, -0.15) is 0 Å². The van der Waals surface area contributed by atoms with E-state index in [0.717, 1.165) is 12.8 Å². The standard InChI is InChI=1S/C16H15BrFNO/c17-14-9-8-13(11-15(14)18)16(20)19-10-4-7-12-5-2-1-3-6-12/h1-3,5-6,8-9,11H,4,7,10H2,(H,19,20). The number of hydrogen-bond donors (Lipinski definition) is 1. The molecule has 2 nitrogen and oxygen atoms in total. The molecule has 0 unspecified atom stereocenters. The third-order valence-corrected chi connectivity index (χ3v) is 3.60. The number of halogens is 2. The van der Waals surface area contributed by atoms with Gasteiger partial charge in [0.2, 0.25) is 0 Å². The first-order valence-electron chi connectivity index (χ1n) is 6.44. The SMILES string of the molecule is O=C(NCCCc1ccccc1)c1ccc(Br)c(F)c1. The Bertz CT molecular complexity index is 586. The zero-order valence-corrected chi connectivity index (χ0v) is 12.5. The smallest absolute Gasteiger partial charge is 0.251 e. The van der Waals surface area contributed by atoms with Crippen LogP contribution in [0.3, 0.4) is 0 Å². The van der Waals surface area contributed by atoms with E-state index in [1.54, 1.807) is 6.07 Å². The predicted molar refractivity (Wildman–Crippen MR) is 81.2 cm³/mol. The molecule has 20 heavy (non-hydrogen) atoms. The number of nitrogens with one attached hydrogen (secondary N) is 1. The van der Waals surface area contributed by atoms with Gasteiger partial charge in [0.15, 0.2) is 0 Å². The van der Waals surface area contributed by atoms with Gasteiger partial charge < -0.3 is 5.32 Å². The maximum Gasteiger partial charge on any atom is 0.251 e. The average molecular weight is 336 g/mol. The van der Waals surface area contributed by atoms with Gasteiger partial charge in [-0.05, 0) is 52.5 Å². The summed E-state index contributed by atoms with van der Waals surface area (Å²) in [7, 11) is 0. The maximum atomic E-state index is 13.3. The van der Waals surface area contributed by atoms with E-state index in [-0.39, 0.29) is 5.91 Å². The molecule has 0 bridgehead atoms. The Balaban J connectivity index is 1.79. The van der Waals surface area contributed by atoms with E-state index in [4.69, 9.17) is 0 Å². The van der Waals surface area contributed by atoms with Crippen LogP contribution in [0.4, 0.5) is 4.39 Å². The van der Waals surface area contributed by atoms with Gasteiger partial charge in [0.1, 0.15) is 5.82 Å². The van der Waals surface area contributed by atoms with Gasteiger partial charge in [-0.25, -0.2) is 4.39 Å². The summed E-state index contributed by atoms with van der Waals surface area (Å²) in [5.74, 6) is -0.675. The first-order chi connectivity index (χ1) is 9.66. The summed E-state index contributed by atoms with van der Waals surface area (Å²) in [6.45, 7) is 0.575. The molecule has 0 radical (unpaired) electrons. The average Bonchev–Trinajstić information content (AvgIpc) is 2.47. The molecule has 0 fully saturated rings. The van der Waals surface area contributed by atoms with Crippen LogP contribution < -0.4 is 5.32 Å². The molecule has 0 spiro atoms. The molecule has 2 aromatic rings. The number of rotatable bonds is 5. The van der Waals surface area contributed by atoms with Crippen LogP contribution in [0.5, 0.6) is 0 Å². The molecule has 2 aromatic carbocycles. The monoisotopic (exact) mass is 335 g/mol. The molecule has 0 aromatic heterocycles. The summed E-state index contributed by atoms with van der Waals surface area (Å²) in [4.78, 5) is 11.8. The Labute approximate surface area is 126 Å². The maximum absolute atomic E-state index is 13.3. The molecule has 0 atom stereocenters. The van der Waals surface area contributed by atoms with Crippen molar-refractivity contribution in [2.24, 2.45) is 0 Å². The normalized spacial score (nSPS) is 10.3. The van der Waals surface area contributed by atoms with E-state index in [1.165, 1.54) is 17.7 Å². The highest BCUT2D eigenvalue weighted by Gasteiger charge is 2.07. The van der Waals surface area contributed by atoms with Crippen LogP contribution in [0.1, 0.15) is 22.3 Å². The van der Waals surface area contributed by atoms with Crippen LogP contribution >= 0.6 is 15.9 Å². The molecule has 0 aliphatic heterocycles. The zero-order chi connectivity index (χ0) is 14.4. The third kappa shape index (κ3) is 4.17. The minimum absolute atomic E-state index is 0.246. The number of carbonyl (C=O) groups excluding carboxylic acids is 1. The van der Waals surface area contributed by atoms with Crippen LogP contribution in [0, 0.1) is 5.82 Å². The van der Waals surface area contributed by atoms with Gasteiger partial charge in [-0.15, -0.1) is 0 Å². The molecule has 1 amide bonds. The number of carbonyl (C=O) groups is 1. The molecule has 0 heterocycles. The predicted octanol–water partition coefficient (Wildman–Crippen LogP) is 3.95. The van der Waals surface area contributed by atoms with Crippen LogP contribution in [0.25, 0.3) is 0 Å². The van der Waals surface area contributed by atoms with Gasteiger partial charge in [0, 0.05) is 12.1 Å². The topological polar surface area (TPSA) is 29.1 Å². The summed E-state index contributed by atoms with van der Waals surface area (Å²) in [5.41, 5.74) is 1.59. The van der Waals surface area contributed by atoms with Gasteiger partial charge in [0.05, 0.1) is 4.47 Å². The van der Waals surface area contributed by atoms with Crippen molar-refractivity contribution >= 4 is 21.8 Å². The Morgan fingerprint density at radius 1 is 1.15 bits per heavy atom. The van der Waals surface area contributed by atoms with Crippen LogP contribution in [0.15, 0.2) is 53.0 Å². The second-order valence-electron chi connectivity index (χ2n) is 4.47. The summed E-state index contributed by atoms with van der Waals surface area (Å²) in [5, 5.41) is 2.79. The quantitative estimate of drug-likeness (QED) is 0.823. The van der Waals surface area contributed by atoms with Gasteiger partial charge >= 0.3 is 0 Å². The van der Waals surface area contributed by atoms with Gasteiger partial charge in [0.25, 0.3) is 5.91 Å². The lowest BCUT2D eigenvalue weighted by atomic mass is 10.1. The Kier molecular flexibility index (Phi) is 5.30. The van der Waals surface area contributed by atoms with E-state index in [9.17, 15) is 9.18 Å². The number of aryl methyl sites for hydroxylation is 1. The van der Waals surface area contributed by atoms with E-state index in [2.05, 4.69) is 33.4 Å². The lowest BCUT2D eigenvalue weighted by Gasteiger charge is -2.06. The van der Waals surface area contributed by atoms with Crippen molar-refractivity contribution in [1.29, 1.82) is 0 Å². The molecule has 0 aliphatic carbocycles. The fourth-order valence-corrected chi connectivity index (χ4v) is 2.13. The molecular weight excluding hydrogens is 321 g/mol. The molecule has 1 N–H and O–H groups in total. The highest BCUT2D eigenvalue weighted by Crippen LogP contribution is 2.16. The first-order valence-corrected chi connectivity index (χ1v) is 7.23. The zero-order valence-electron chi connectivity index (χ0n) is 10.9. The van der Waals surface area contributed by atoms with Crippen molar-refractivity contribution in [3.05, 3.63) is 69.9 Å². The summed E-state index contributed by atoms with van der Waals surface area (Å²) < 4.78 is 13.7. The Morgan fingerprint density at radius 3 is 2.60 bits per heavy atom. The molecule has 0 aliphatic rings. The molecule has 4 heteroatoms. The van der Waals surface area contributed by atoms with Crippen LogP contribution in [0.2, 0.25) is 0 Å². The van der Waals surface area contributed by atoms with Crippen molar-refractivity contribution in [3.63, 3.8) is 0 Å².